The Balaban J connectivity index is 1.59. The zero-order chi connectivity index (χ0) is 14.6. The molecule has 0 bridgehead atoms. The largest absolute Gasteiger partial charge is 0.320 e. The summed E-state index contributed by atoms with van der Waals surface area (Å²) < 4.78 is 1.39. The van der Waals surface area contributed by atoms with Crippen molar-refractivity contribution in [2.45, 2.75) is 25.7 Å². The van der Waals surface area contributed by atoms with Gasteiger partial charge in [-0.2, -0.15) is 0 Å². The lowest BCUT2D eigenvalue weighted by Crippen LogP contribution is -2.49. The smallest absolute Gasteiger partial charge is 0.101 e. The van der Waals surface area contributed by atoms with Crippen molar-refractivity contribution in [1.82, 2.24) is 0 Å². The fourth-order valence-electron chi connectivity index (χ4n) is 5.19. The molecule has 22 heavy (non-hydrogen) atoms. The van der Waals surface area contributed by atoms with E-state index in [0.717, 1.165) is 5.92 Å². The number of fused-ring (bicyclic) bond motifs is 4. The van der Waals surface area contributed by atoms with Crippen molar-refractivity contribution in [3.05, 3.63) is 53.1 Å². The molecule has 2 aromatic rings. The van der Waals surface area contributed by atoms with E-state index in [9.17, 15) is 0 Å². The van der Waals surface area contributed by atoms with E-state index in [-0.39, 0.29) is 0 Å². The van der Waals surface area contributed by atoms with Crippen LogP contribution in [0.5, 0.6) is 0 Å². The molecular formula is C21H24N+. The highest BCUT2D eigenvalue weighted by molar-refractivity contribution is 5.93. The first kappa shape index (κ1) is 12.9. The highest BCUT2D eigenvalue weighted by Gasteiger charge is 2.43. The molecule has 112 valence electrons. The number of hydrogen-bond acceptors (Lipinski definition) is 0. The highest BCUT2D eigenvalue weighted by atomic mass is 15.4. The van der Waals surface area contributed by atoms with Crippen LogP contribution in [0.15, 0.2) is 42.0 Å². The van der Waals surface area contributed by atoms with E-state index >= 15 is 0 Å². The van der Waals surface area contributed by atoms with E-state index in [2.05, 4.69) is 42.5 Å². The zero-order valence-corrected chi connectivity index (χ0v) is 13.2. The van der Waals surface area contributed by atoms with Crippen molar-refractivity contribution in [3.8, 4) is 0 Å². The van der Waals surface area contributed by atoms with Gasteiger partial charge in [0, 0.05) is 5.92 Å². The molecule has 0 radical (unpaired) electrons. The van der Waals surface area contributed by atoms with Crippen LogP contribution in [-0.4, -0.2) is 30.7 Å². The summed E-state index contributed by atoms with van der Waals surface area (Å²) in [6.07, 6.45) is 8.17. The molecule has 1 atom stereocenters. The van der Waals surface area contributed by atoms with Gasteiger partial charge in [-0.15, -0.1) is 0 Å². The normalized spacial score (nSPS) is 25.8. The van der Waals surface area contributed by atoms with E-state index in [1.807, 2.05) is 0 Å². The minimum atomic E-state index is 0.812. The minimum absolute atomic E-state index is 0.812. The van der Waals surface area contributed by atoms with Crippen molar-refractivity contribution in [3.63, 3.8) is 0 Å². The van der Waals surface area contributed by atoms with Crippen LogP contribution in [0, 0.1) is 5.92 Å². The lowest BCUT2D eigenvalue weighted by molar-refractivity contribution is -0.920. The number of nitrogens with zero attached hydrogens (tertiary/aromatic N) is 1. The van der Waals surface area contributed by atoms with E-state index in [1.54, 1.807) is 11.1 Å². The fraction of sp³-hybridized carbons (Fsp3) is 0.429. The summed E-state index contributed by atoms with van der Waals surface area (Å²) >= 11 is 0. The van der Waals surface area contributed by atoms with Gasteiger partial charge in [0.1, 0.15) is 6.54 Å². The second-order valence-electron chi connectivity index (χ2n) is 7.67. The molecule has 0 N–H and O–H groups in total. The second-order valence-corrected chi connectivity index (χ2v) is 7.67. The molecule has 0 amide bonds. The van der Waals surface area contributed by atoms with Crippen LogP contribution in [0.2, 0.25) is 0 Å². The molecule has 0 saturated carbocycles. The number of quaternary nitrogens is 1. The number of piperidine rings is 1. The van der Waals surface area contributed by atoms with Gasteiger partial charge in [0.05, 0.1) is 19.6 Å². The van der Waals surface area contributed by atoms with Crippen LogP contribution >= 0.6 is 0 Å². The average molecular weight is 290 g/mol. The maximum Gasteiger partial charge on any atom is 0.101 e. The molecule has 0 aromatic heterocycles. The maximum atomic E-state index is 2.56. The van der Waals surface area contributed by atoms with E-state index in [4.69, 9.17) is 0 Å². The van der Waals surface area contributed by atoms with Crippen molar-refractivity contribution < 1.29 is 4.48 Å². The van der Waals surface area contributed by atoms with Crippen LogP contribution in [-0.2, 0) is 6.42 Å². The standard InChI is InChI=1S/C21H24N/c1-4-10-22(11-5-1)14-18-12-17-9-8-16-6-2-3-7-20(16)21(17)13-19(18)15-22/h2-3,6-9,13,18H,1,4-5,10-12,14-15H2/q+1/t18-/m0/s1. The molecule has 1 nitrogen and oxygen atoms in total. The Bertz CT molecular complexity index is 765. The fourth-order valence-corrected chi connectivity index (χ4v) is 5.19. The van der Waals surface area contributed by atoms with Gasteiger partial charge >= 0.3 is 0 Å². The van der Waals surface area contributed by atoms with Crippen molar-refractivity contribution in [2.75, 3.05) is 26.2 Å². The van der Waals surface area contributed by atoms with Gasteiger partial charge in [0.2, 0.25) is 0 Å². The van der Waals surface area contributed by atoms with Gasteiger partial charge in [0.25, 0.3) is 0 Å². The Kier molecular flexibility index (Phi) is 2.75. The first-order valence-electron chi connectivity index (χ1n) is 8.89. The lowest BCUT2D eigenvalue weighted by Gasteiger charge is -2.37. The topological polar surface area (TPSA) is 0 Å². The Morgan fingerprint density at radius 2 is 1.77 bits per heavy atom. The third kappa shape index (κ3) is 1.88. The molecule has 2 fully saturated rings. The Morgan fingerprint density at radius 3 is 2.68 bits per heavy atom. The van der Waals surface area contributed by atoms with Crippen LogP contribution in [0.4, 0.5) is 0 Å². The van der Waals surface area contributed by atoms with Gasteiger partial charge in [-0.05, 0) is 59.2 Å². The Labute approximate surface area is 132 Å². The lowest BCUT2D eigenvalue weighted by atomic mass is 9.83. The van der Waals surface area contributed by atoms with Crippen LogP contribution < -0.4 is 0 Å². The quantitative estimate of drug-likeness (QED) is 0.630. The van der Waals surface area contributed by atoms with Gasteiger partial charge in [0.15, 0.2) is 0 Å². The minimum Gasteiger partial charge on any atom is -0.320 e. The number of hydrogen-bond donors (Lipinski definition) is 0. The number of rotatable bonds is 0. The SMILES string of the molecule is C1=C2C[N+]3(CCCCC3)C[C@@H]2Cc2ccc3ccccc3c21. The van der Waals surface area contributed by atoms with Crippen molar-refractivity contribution in [2.24, 2.45) is 5.92 Å². The monoisotopic (exact) mass is 290 g/mol. The number of benzene rings is 2. The molecule has 2 heterocycles. The molecule has 5 rings (SSSR count). The van der Waals surface area contributed by atoms with Gasteiger partial charge < -0.3 is 4.48 Å². The summed E-state index contributed by atoms with van der Waals surface area (Å²) in [5, 5.41) is 2.83. The molecule has 1 heteroatoms. The summed E-state index contributed by atoms with van der Waals surface area (Å²) in [4.78, 5) is 0. The highest BCUT2D eigenvalue weighted by Crippen LogP contribution is 2.41. The maximum absolute atomic E-state index is 2.56. The average Bonchev–Trinajstić information content (AvgIpc) is 2.89. The Hall–Kier alpha value is -1.60. The van der Waals surface area contributed by atoms with Gasteiger partial charge in [-0.1, -0.05) is 36.4 Å². The predicted molar refractivity (Wildman–Crippen MR) is 92.7 cm³/mol. The molecule has 2 saturated heterocycles. The van der Waals surface area contributed by atoms with E-state index < -0.39 is 0 Å². The van der Waals surface area contributed by atoms with Crippen molar-refractivity contribution in [1.29, 1.82) is 0 Å². The Morgan fingerprint density at radius 1 is 0.909 bits per heavy atom. The third-order valence-corrected chi connectivity index (χ3v) is 6.27. The third-order valence-electron chi connectivity index (χ3n) is 6.27. The zero-order valence-electron chi connectivity index (χ0n) is 13.2. The van der Waals surface area contributed by atoms with Gasteiger partial charge in [-0.3, -0.25) is 0 Å². The molecule has 0 unspecified atom stereocenters. The molecule has 1 spiro atoms. The molecule has 1 aliphatic carbocycles. The summed E-state index contributed by atoms with van der Waals surface area (Å²) in [6, 6.07) is 13.6. The molecular weight excluding hydrogens is 266 g/mol. The van der Waals surface area contributed by atoms with Crippen molar-refractivity contribution >= 4 is 16.8 Å². The van der Waals surface area contributed by atoms with Crippen LogP contribution in [0.25, 0.3) is 16.8 Å². The first-order valence-corrected chi connectivity index (χ1v) is 8.89. The van der Waals surface area contributed by atoms with E-state index in [1.165, 1.54) is 72.7 Å². The predicted octanol–water partition coefficient (Wildman–Crippen LogP) is 4.41. The summed E-state index contributed by atoms with van der Waals surface area (Å²) in [7, 11) is 0. The second kappa shape index (κ2) is 4.70. The molecule has 2 aliphatic heterocycles. The molecule has 3 aliphatic rings. The van der Waals surface area contributed by atoms with Gasteiger partial charge in [-0.25, -0.2) is 0 Å². The van der Waals surface area contributed by atoms with E-state index in [0.29, 0.717) is 0 Å². The van der Waals surface area contributed by atoms with Crippen LogP contribution in [0.1, 0.15) is 30.4 Å². The molecule has 2 aromatic carbocycles. The summed E-state index contributed by atoms with van der Waals surface area (Å²) in [5.41, 5.74) is 4.83. The first-order chi connectivity index (χ1) is 10.8. The summed E-state index contributed by atoms with van der Waals surface area (Å²) in [5.74, 6) is 0.812. The van der Waals surface area contributed by atoms with Crippen LogP contribution in [0.3, 0.4) is 0 Å². The summed E-state index contributed by atoms with van der Waals surface area (Å²) in [6.45, 7) is 5.57.